The molecule has 0 fully saturated rings. The maximum absolute atomic E-state index is 14.7. The molecule has 0 saturated carbocycles. The fourth-order valence-electron chi connectivity index (χ4n) is 3.67. The van der Waals surface area contributed by atoms with Crippen molar-refractivity contribution in [3.05, 3.63) is 57.9 Å². The lowest BCUT2D eigenvalue weighted by Crippen LogP contribution is -2.16. The van der Waals surface area contributed by atoms with E-state index in [-0.39, 0.29) is 17.1 Å². The average molecular weight is 479 g/mol. The van der Waals surface area contributed by atoms with Gasteiger partial charge < -0.3 is 9.30 Å². The molecule has 0 radical (unpaired) electrons. The molecule has 0 saturated heterocycles. The minimum Gasteiger partial charge on any atom is -0.495 e. The Bertz CT molecular complexity index is 1340. The van der Waals surface area contributed by atoms with Gasteiger partial charge in [0.1, 0.15) is 28.1 Å². The quantitative estimate of drug-likeness (QED) is 0.422. The van der Waals surface area contributed by atoms with Crippen molar-refractivity contribution >= 4 is 21.4 Å². The summed E-state index contributed by atoms with van der Waals surface area (Å²) in [5.41, 5.74) is -1.17. The van der Waals surface area contributed by atoms with Crippen LogP contribution in [0.5, 0.6) is 5.75 Å². The van der Waals surface area contributed by atoms with E-state index in [1.165, 1.54) is 7.11 Å². The first-order valence-electron chi connectivity index (χ1n) is 9.98. The summed E-state index contributed by atoms with van der Waals surface area (Å²) in [5.74, 6) is -1.44. The highest BCUT2D eigenvalue weighted by molar-refractivity contribution is 7.92. The van der Waals surface area contributed by atoms with Crippen LogP contribution < -0.4 is 9.46 Å². The number of non-ortho nitro benzene ring substituents is 1. The topological polar surface area (TPSA) is 129 Å². The van der Waals surface area contributed by atoms with Crippen LogP contribution in [0.25, 0.3) is 11.4 Å². The van der Waals surface area contributed by atoms with Crippen LogP contribution in [0.3, 0.4) is 0 Å². The number of hydrogen-bond donors (Lipinski definition) is 1. The van der Waals surface area contributed by atoms with Gasteiger partial charge in [-0.3, -0.25) is 14.8 Å². The van der Waals surface area contributed by atoms with Gasteiger partial charge in [-0.05, 0) is 25.0 Å². The molecule has 0 aliphatic carbocycles. The van der Waals surface area contributed by atoms with E-state index in [1.54, 1.807) is 4.57 Å². The zero-order valence-corrected chi connectivity index (χ0v) is 18.2. The van der Waals surface area contributed by atoms with E-state index in [9.17, 15) is 27.3 Å². The third-order valence-corrected chi connectivity index (χ3v) is 6.69. The van der Waals surface area contributed by atoms with Gasteiger partial charge in [0, 0.05) is 31.2 Å². The SMILES string of the molecule is COc1ccc([N+](=O)[O-])cc1S(=O)(=O)Nc1cc(-c2nnc3n2CCCCC3)c(F)cc1F. The Balaban J connectivity index is 1.77. The Morgan fingerprint density at radius 3 is 2.64 bits per heavy atom. The van der Waals surface area contributed by atoms with E-state index in [0.29, 0.717) is 24.9 Å². The molecule has 174 valence electrons. The van der Waals surface area contributed by atoms with Gasteiger partial charge in [0.2, 0.25) is 0 Å². The lowest BCUT2D eigenvalue weighted by atomic mass is 10.1. The normalized spacial score (nSPS) is 13.8. The van der Waals surface area contributed by atoms with Gasteiger partial charge >= 0.3 is 0 Å². The van der Waals surface area contributed by atoms with Gasteiger partial charge in [0.25, 0.3) is 15.7 Å². The van der Waals surface area contributed by atoms with Gasteiger partial charge in [-0.15, -0.1) is 10.2 Å². The molecule has 2 heterocycles. The minimum atomic E-state index is -4.54. The summed E-state index contributed by atoms with van der Waals surface area (Å²) in [4.78, 5) is 9.74. The molecule has 0 spiro atoms. The maximum atomic E-state index is 14.7. The highest BCUT2D eigenvalue weighted by atomic mass is 32.2. The van der Waals surface area contributed by atoms with Gasteiger partial charge in [-0.1, -0.05) is 6.42 Å². The maximum Gasteiger partial charge on any atom is 0.271 e. The van der Waals surface area contributed by atoms with Crippen LogP contribution in [-0.2, 0) is 23.0 Å². The molecule has 0 atom stereocenters. The summed E-state index contributed by atoms with van der Waals surface area (Å²) < 4.78 is 63.9. The highest BCUT2D eigenvalue weighted by Gasteiger charge is 2.26. The summed E-state index contributed by atoms with van der Waals surface area (Å²) in [6.07, 6.45) is 3.40. The Hall–Kier alpha value is -3.61. The summed E-state index contributed by atoms with van der Waals surface area (Å²) in [6, 6.07) is 4.53. The number of nitro groups is 1. The monoisotopic (exact) mass is 479 g/mol. The molecular formula is C20H19F2N5O5S. The summed E-state index contributed by atoms with van der Waals surface area (Å²) in [7, 11) is -3.35. The molecule has 10 nitrogen and oxygen atoms in total. The van der Waals surface area contributed by atoms with E-state index in [2.05, 4.69) is 10.2 Å². The van der Waals surface area contributed by atoms with Crippen LogP contribution in [0.2, 0.25) is 0 Å². The van der Waals surface area contributed by atoms with Crippen LogP contribution >= 0.6 is 0 Å². The van der Waals surface area contributed by atoms with Crippen molar-refractivity contribution in [3.63, 3.8) is 0 Å². The number of rotatable bonds is 6. The van der Waals surface area contributed by atoms with Crippen LogP contribution in [0.1, 0.15) is 25.1 Å². The Morgan fingerprint density at radius 2 is 1.91 bits per heavy atom. The third kappa shape index (κ3) is 4.35. The highest BCUT2D eigenvalue weighted by Crippen LogP contribution is 2.33. The first-order valence-corrected chi connectivity index (χ1v) is 11.5. The average Bonchev–Trinajstić information content (AvgIpc) is 3.02. The molecule has 0 bridgehead atoms. The number of anilines is 1. The number of methoxy groups -OCH3 is 1. The van der Waals surface area contributed by atoms with E-state index < -0.39 is 42.9 Å². The van der Waals surface area contributed by atoms with Crippen molar-refractivity contribution in [3.8, 4) is 17.1 Å². The van der Waals surface area contributed by atoms with Crippen molar-refractivity contribution in [2.75, 3.05) is 11.8 Å². The molecular weight excluding hydrogens is 460 g/mol. The number of benzene rings is 2. The number of halogens is 2. The first-order chi connectivity index (χ1) is 15.7. The fraction of sp³-hybridized carbons (Fsp3) is 0.300. The molecule has 1 N–H and O–H groups in total. The first kappa shape index (κ1) is 22.6. The van der Waals surface area contributed by atoms with E-state index in [0.717, 1.165) is 43.5 Å². The molecule has 1 aromatic heterocycles. The van der Waals surface area contributed by atoms with E-state index >= 15 is 0 Å². The van der Waals surface area contributed by atoms with Gasteiger partial charge in [-0.2, -0.15) is 0 Å². The fourth-order valence-corrected chi connectivity index (χ4v) is 4.92. The number of fused-ring (bicyclic) bond motifs is 1. The predicted octanol–water partition coefficient (Wildman–Crippen LogP) is 3.67. The molecule has 13 heteroatoms. The summed E-state index contributed by atoms with van der Waals surface area (Å²) >= 11 is 0. The van der Waals surface area contributed by atoms with Crippen LogP contribution in [0, 0.1) is 21.7 Å². The third-order valence-electron chi connectivity index (χ3n) is 5.30. The van der Waals surface area contributed by atoms with Gasteiger partial charge in [0.05, 0.1) is 23.3 Å². The van der Waals surface area contributed by atoms with E-state index in [4.69, 9.17) is 4.74 Å². The lowest BCUT2D eigenvalue weighted by Gasteiger charge is -2.14. The standard InChI is InChI=1S/C20H19F2N5O5S/c1-32-17-7-6-12(27(28)29)9-18(17)33(30,31)25-16-10-13(14(21)11-15(16)22)20-24-23-19-5-3-2-4-8-26(19)20/h6-7,9-11,25H,2-5,8H2,1H3. The molecule has 2 aromatic carbocycles. The minimum absolute atomic E-state index is 0.124. The van der Waals surface area contributed by atoms with Gasteiger partial charge in [0.15, 0.2) is 5.82 Å². The van der Waals surface area contributed by atoms with Crippen LogP contribution in [0.4, 0.5) is 20.2 Å². The Morgan fingerprint density at radius 1 is 1.12 bits per heavy atom. The smallest absolute Gasteiger partial charge is 0.271 e. The molecule has 33 heavy (non-hydrogen) atoms. The molecule has 4 rings (SSSR count). The second kappa shape index (κ2) is 8.73. The predicted molar refractivity (Wildman–Crippen MR) is 113 cm³/mol. The largest absolute Gasteiger partial charge is 0.495 e. The van der Waals surface area contributed by atoms with Crippen LogP contribution in [-0.4, -0.2) is 35.2 Å². The molecule has 3 aromatic rings. The number of aryl methyl sites for hydroxylation is 1. The summed E-state index contributed by atoms with van der Waals surface area (Å²) in [5, 5.41) is 19.2. The number of aromatic nitrogens is 3. The van der Waals surface area contributed by atoms with Crippen molar-refractivity contribution in [1.29, 1.82) is 0 Å². The zero-order valence-electron chi connectivity index (χ0n) is 17.4. The molecule has 1 aliphatic rings. The van der Waals surface area contributed by atoms with E-state index in [1.807, 2.05) is 4.72 Å². The lowest BCUT2D eigenvalue weighted by molar-refractivity contribution is -0.385. The van der Waals surface area contributed by atoms with Crippen molar-refractivity contribution < 1.29 is 26.9 Å². The number of ether oxygens (including phenoxy) is 1. The van der Waals surface area contributed by atoms with Crippen molar-refractivity contribution in [2.45, 2.75) is 37.1 Å². The molecule has 0 amide bonds. The summed E-state index contributed by atoms with van der Waals surface area (Å²) in [6.45, 7) is 0.556. The van der Waals surface area contributed by atoms with Crippen molar-refractivity contribution in [2.24, 2.45) is 0 Å². The molecule has 0 unspecified atom stereocenters. The number of nitro benzene ring substituents is 1. The molecule has 1 aliphatic heterocycles. The Labute approximate surface area is 187 Å². The second-order valence-corrected chi connectivity index (χ2v) is 9.06. The zero-order chi connectivity index (χ0) is 23.8. The number of nitrogens with one attached hydrogen (secondary N) is 1. The number of nitrogens with zero attached hydrogens (tertiary/aromatic N) is 4. The van der Waals surface area contributed by atoms with Gasteiger partial charge in [-0.25, -0.2) is 17.2 Å². The van der Waals surface area contributed by atoms with Crippen LogP contribution in [0.15, 0.2) is 35.2 Å². The number of sulfonamides is 1. The van der Waals surface area contributed by atoms with Crippen molar-refractivity contribution in [1.82, 2.24) is 14.8 Å². The second-order valence-electron chi connectivity index (χ2n) is 7.41. The Kier molecular flexibility index (Phi) is 5.97. The number of hydrogen-bond acceptors (Lipinski definition) is 7.